The van der Waals surface area contributed by atoms with Crippen molar-refractivity contribution in [3.63, 3.8) is 0 Å². The van der Waals surface area contributed by atoms with Gasteiger partial charge in [-0.15, -0.1) is 11.3 Å². The largest absolute Gasteiger partial charge is 0.481 e. The zero-order chi connectivity index (χ0) is 13.0. The second-order valence-electron chi connectivity index (χ2n) is 4.45. The molecule has 0 radical (unpaired) electrons. The molecule has 0 bridgehead atoms. The van der Waals surface area contributed by atoms with Gasteiger partial charge in [0.2, 0.25) is 5.91 Å². The van der Waals surface area contributed by atoms with Crippen LogP contribution in [0.15, 0.2) is 11.6 Å². The summed E-state index contributed by atoms with van der Waals surface area (Å²) in [7, 11) is 0. The molecule has 1 saturated carbocycles. The first kappa shape index (κ1) is 13.0. The summed E-state index contributed by atoms with van der Waals surface area (Å²) in [4.78, 5) is 27.0. The first-order valence-corrected chi connectivity index (χ1v) is 6.95. The molecular weight excluding hydrogens is 252 g/mol. The fourth-order valence-electron chi connectivity index (χ4n) is 2.37. The number of thiazole rings is 1. The van der Waals surface area contributed by atoms with E-state index in [-0.39, 0.29) is 11.8 Å². The summed E-state index contributed by atoms with van der Waals surface area (Å²) in [5.41, 5.74) is 0. The number of amides is 1. The number of hydrogen-bond donors (Lipinski definition) is 2. The molecule has 98 valence electrons. The van der Waals surface area contributed by atoms with Crippen LogP contribution in [-0.2, 0) is 16.0 Å². The van der Waals surface area contributed by atoms with E-state index >= 15 is 0 Å². The van der Waals surface area contributed by atoms with Gasteiger partial charge in [-0.1, -0.05) is 6.42 Å². The van der Waals surface area contributed by atoms with Crippen LogP contribution in [0.25, 0.3) is 0 Å². The van der Waals surface area contributed by atoms with Gasteiger partial charge >= 0.3 is 5.97 Å². The van der Waals surface area contributed by atoms with Gasteiger partial charge < -0.3 is 10.4 Å². The molecule has 0 unspecified atom stereocenters. The Morgan fingerprint density at radius 2 is 2.22 bits per heavy atom. The van der Waals surface area contributed by atoms with Gasteiger partial charge in [-0.25, -0.2) is 4.98 Å². The van der Waals surface area contributed by atoms with E-state index in [0.29, 0.717) is 25.8 Å². The first-order valence-electron chi connectivity index (χ1n) is 6.07. The number of nitrogens with one attached hydrogen (secondary N) is 1. The first-order chi connectivity index (χ1) is 8.68. The summed E-state index contributed by atoms with van der Waals surface area (Å²) >= 11 is 1.56. The SMILES string of the molecule is O=C(O)[C@H]1CCC[C@H]1C(=O)NCCc1nccs1. The molecule has 1 aromatic rings. The van der Waals surface area contributed by atoms with Crippen LogP contribution in [0.5, 0.6) is 0 Å². The molecule has 2 N–H and O–H groups in total. The van der Waals surface area contributed by atoms with Crippen LogP contribution < -0.4 is 5.32 Å². The number of aliphatic carboxylic acids is 1. The molecule has 1 aliphatic carbocycles. The maximum atomic E-state index is 11.9. The number of rotatable bonds is 5. The van der Waals surface area contributed by atoms with E-state index in [1.165, 1.54) is 0 Å². The Labute approximate surface area is 109 Å². The Hall–Kier alpha value is -1.43. The summed E-state index contributed by atoms with van der Waals surface area (Å²) in [6.45, 7) is 0.523. The topological polar surface area (TPSA) is 79.3 Å². The molecule has 2 atom stereocenters. The number of aromatic nitrogens is 1. The van der Waals surface area contributed by atoms with Crippen molar-refractivity contribution in [2.24, 2.45) is 11.8 Å². The normalized spacial score (nSPS) is 22.9. The molecule has 2 rings (SSSR count). The van der Waals surface area contributed by atoms with Crippen LogP contribution in [0.3, 0.4) is 0 Å². The molecule has 18 heavy (non-hydrogen) atoms. The highest BCUT2D eigenvalue weighted by atomic mass is 32.1. The number of carbonyl (C=O) groups excluding carboxylic acids is 1. The van der Waals surface area contributed by atoms with Crippen LogP contribution in [-0.4, -0.2) is 28.5 Å². The summed E-state index contributed by atoms with van der Waals surface area (Å²) in [6.07, 6.45) is 4.55. The third-order valence-corrected chi connectivity index (χ3v) is 4.13. The van der Waals surface area contributed by atoms with Crippen molar-refractivity contribution < 1.29 is 14.7 Å². The lowest BCUT2D eigenvalue weighted by Gasteiger charge is -2.15. The molecule has 1 aliphatic rings. The molecule has 1 aromatic heterocycles. The van der Waals surface area contributed by atoms with Crippen molar-refractivity contribution in [2.45, 2.75) is 25.7 Å². The fourth-order valence-corrected chi connectivity index (χ4v) is 2.99. The van der Waals surface area contributed by atoms with Gasteiger partial charge in [-0.2, -0.15) is 0 Å². The van der Waals surface area contributed by atoms with Gasteiger partial charge in [0.15, 0.2) is 0 Å². The Bertz CT molecular complexity index is 419. The number of carbonyl (C=O) groups is 2. The Balaban J connectivity index is 1.79. The Morgan fingerprint density at radius 3 is 2.89 bits per heavy atom. The van der Waals surface area contributed by atoms with E-state index in [9.17, 15) is 9.59 Å². The number of carboxylic acid groups (broad SMARTS) is 1. The van der Waals surface area contributed by atoms with Crippen molar-refractivity contribution in [1.82, 2.24) is 10.3 Å². The van der Waals surface area contributed by atoms with E-state index in [0.717, 1.165) is 11.4 Å². The van der Waals surface area contributed by atoms with Gasteiger partial charge in [0.25, 0.3) is 0 Å². The minimum absolute atomic E-state index is 0.128. The molecule has 1 fully saturated rings. The van der Waals surface area contributed by atoms with Gasteiger partial charge in [-0.3, -0.25) is 9.59 Å². The number of hydrogen-bond acceptors (Lipinski definition) is 4. The van der Waals surface area contributed by atoms with Gasteiger partial charge in [-0.05, 0) is 12.8 Å². The van der Waals surface area contributed by atoms with Gasteiger partial charge in [0.05, 0.1) is 16.8 Å². The molecule has 0 spiro atoms. The summed E-state index contributed by atoms with van der Waals surface area (Å²) in [6, 6.07) is 0. The zero-order valence-corrected chi connectivity index (χ0v) is 10.8. The third-order valence-electron chi connectivity index (χ3n) is 3.29. The second-order valence-corrected chi connectivity index (χ2v) is 5.43. The molecule has 6 heteroatoms. The van der Waals surface area contributed by atoms with Gasteiger partial charge in [0, 0.05) is 24.5 Å². The van der Waals surface area contributed by atoms with Crippen molar-refractivity contribution >= 4 is 23.2 Å². The van der Waals surface area contributed by atoms with Crippen molar-refractivity contribution in [2.75, 3.05) is 6.54 Å². The number of nitrogens with zero attached hydrogens (tertiary/aromatic N) is 1. The summed E-state index contributed by atoms with van der Waals surface area (Å²) in [5, 5.41) is 14.7. The maximum Gasteiger partial charge on any atom is 0.307 e. The van der Waals surface area contributed by atoms with Crippen LogP contribution in [0.4, 0.5) is 0 Å². The maximum absolute atomic E-state index is 11.9. The van der Waals surface area contributed by atoms with Crippen molar-refractivity contribution in [3.05, 3.63) is 16.6 Å². The zero-order valence-electron chi connectivity index (χ0n) is 9.96. The molecule has 0 aromatic carbocycles. The minimum Gasteiger partial charge on any atom is -0.481 e. The summed E-state index contributed by atoms with van der Waals surface area (Å²) in [5.74, 6) is -1.85. The highest BCUT2D eigenvalue weighted by Gasteiger charge is 2.37. The highest BCUT2D eigenvalue weighted by Crippen LogP contribution is 2.31. The monoisotopic (exact) mass is 268 g/mol. The van der Waals surface area contributed by atoms with Crippen LogP contribution >= 0.6 is 11.3 Å². The lowest BCUT2D eigenvalue weighted by Crippen LogP contribution is -2.36. The lowest BCUT2D eigenvalue weighted by molar-refractivity contribution is -0.146. The van der Waals surface area contributed by atoms with Crippen LogP contribution in [0.2, 0.25) is 0 Å². The standard InChI is InChI=1S/C12H16N2O3S/c15-11(8-2-1-3-9(8)12(16)17)14-5-4-10-13-6-7-18-10/h6-9H,1-5H2,(H,14,15)(H,16,17)/t8-,9+/m1/s1. The predicted molar refractivity (Wildman–Crippen MR) is 67.3 cm³/mol. The van der Waals surface area contributed by atoms with Crippen molar-refractivity contribution in [3.8, 4) is 0 Å². The minimum atomic E-state index is -0.854. The average Bonchev–Trinajstić information content (AvgIpc) is 2.99. The third kappa shape index (κ3) is 3.07. The quantitative estimate of drug-likeness (QED) is 0.843. The Morgan fingerprint density at radius 1 is 1.44 bits per heavy atom. The van der Waals surface area contributed by atoms with E-state index in [2.05, 4.69) is 10.3 Å². The summed E-state index contributed by atoms with van der Waals surface area (Å²) < 4.78 is 0. The van der Waals surface area contributed by atoms with E-state index < -0.39 is 11.9 Å². The smallest absolute Gasteiger partial charge is 0.307 e. The fraction of sp³-hybridized carbons (Fsp3) is 0.583. The lowest BCUT2D eigenvalue weighted by atomic mass is 9.95. The number of carboxylic acids is 1. The molecule has 0 saturated heterocycles. The molecule has 0 aliphatic heterocycles. The molecular formula is C12H16N2O3S. The van der Waals surface area contributed by atoms with Gasteiger partial charge in [0.1, 0.15) is 0 Å². The molecule has 1 heterocycles. The van der Waals surface area contributed by atoms with E-state index in [4.69, 9.17) is 5.11 Å². The molecule has 1 amide bonds. The predicted octanol–water partition coefficient (Wildman–Crippen LogP) is 1.30. The van der Waals surface area contributed by atoms with Crippen molar-refractivity contribution in [1.29, 1.82) is 0 Å². The van der Waals surface area contributed by atoms with E-state index in [1.807, 2.05) is 5.38 Å². The van der Waals surface area contributed by atoms with Crippen LogP contribution in [0.1, 0.15) is 24.3 Å². The average molecular weight is 268 g/mol. The van der Waals surface area contributed by atoms with E-state index in [1.54, 1.807) is 17.5 Å². The highest BCUT2D eigenvalue weighted by molar-refractivity contribution is 7.09. The second kappa shape index (κ2) is 5.95. The Kier molecular flexibility index (Phi) is 4.30. The molecule has 5 nitrogen and oxygen atoms in total. The van der Waals surface area contributed by atoms with Crippen LogP contribution in [0, 0.1) is 11.8 Å².